The molecule has 2 atom stereocenters. The van der Waals surface area contributed by atoms with Crippen molar-refractivity contribution in [3.63, 3.8) is 0 Å². The summed E-state index contributed by atoms with van der Waals surface area (Å²) in [6.07, 6.45) is -1.75. The number of hydrogen-bond acceptors (Lipinski definition) is 6. The Kier molecular flexibility index (Phi) is 8.50. The van der Waals surface area contributed by atoms with E-state index in [0.717, 1.165) is 12.8 Å². The summed E-state index contributed by atoms with van der Waals surface area (Å²) >= 11 is 0. The highest BCUT2D eigenvalue weighted by molar-refractivity contribution is 5.96. The summed E-state index contributed by atoms with van der Waals surface area (Å²) in [6.45, 7) is 5.40. The van der Waals surface area contributed by atoms with Gasteiger partial charge in [0.05, 0.1) is 42.3 Å². The molecule has 0 spiro atoms. The molecule has 9 nitrogen and oxygen atoms in total. The van der Waals surface area contributed by atoms with Crippen LogP contribution in [0.1, 0.15) is 116 Å². The molecular formula is C29H35F5N6O3. The molecule has 2 amide bonds. The number of nitrogens with one attached hydrogen (secondary N) is 2. The van der Waals surface area contributed by atoms with Crippen LogP contribution in [0, 0.1) is 18.8 Å². The molecule has 0 aromatic carbocycles. The van der Waals surface area contributed by atoms with Crippen LogP contribution in [0.5, 0.6) is 0 Å². The van der Waals surface area contributed by atoms with Crippen LogP contribution >= 0.6 is 0 Å². The van der Waals surface area contributed by atoms with Crippen molar-refractivity contribution in [3.05, 3.63) is 46.7 Å². The number of hydrogen-bond donors (Lipinski definition) is 2. The first-order valence-corrected chi connectivity index (χ1v) is 14.6. The fraction of sp³-hybridized carbons (Fsp3) is 0.621. The summed E-state index contributed by atoms with van der Waals surface area (Å²) in [7, 11) is 0. The first-order chi connectivity index (χ1) is 20.2. The largest absolute Gasteiger partial charge is 0.389 e. The third-order valence-corrected chi connectivity index (χ3v) is 8.24. The molecule has 43 heavy (non-hydrogen) atoms. The lowest BCUT2D eigenvalue weighted by Crippen LogP contribution is -2.37. The smallest absolute Gasteiger partial charge is 0.360 e. The van der Waals surface area contributed by atoms with Crippen LogP contribution in [0.15, 0.2) is 23.0 Å². The minimum atomic E-state index is -4.43. The van der Waals surface area contributed by atoms with Gasteiger partial charge in [0.1, 0.15) is 5.56 Å². The Bertz CT molecular complexity index is 1470. The number of alkyl halides is 5. The fourth-order valence-corrected chi connectivity index (χ4v) is 5.73. The van der Waals surface area contributed by atoms with Gasteiger partial charge in [0.15, 0.2) is 11.4 Å². The summed E-state index contributed by atoms with van der Waals surface area (Å²) in [5.74, 6) is -3.83. The lowest BCUT2D eigenvalue weighted by Gasteiger charge is -2.33. The second-order valence-corrected chi connectivity index (χ2v) is 12.1. The molecule has 3 aromatic rings. The van der Waals surface area contributed by atoms with Gasteiger partial charge in [-0.15, -0.1) is 0 Å². The Balaban J connectivity index is 1.42. The Labute approximate surface area is 245 Å². The van der Waals surface area contributed by atoms with Crippen LogP contribution in [-0.4, -0.2) is 43.7 Å². The highest BCUT2D eigenvalue weighted by Gasteiger charge is 2.40. The third kappa shape index (κ3) is 7.32. The summed E-state index contributed by atoms with van der Waals surface area (Å²) in [6, 6.07) is 0.489. The Morgan fingerprint density at radius 1 is 1.09 bits per heavy atom. The van der Waals surface area contributed by atoms with Gasteiger partial charge < -0.3 is 15.2 Å². The molecule has 0 bridgehead atoms. The zero-order chi connectivity index (χ0) is 31.1. The highest BCUT2D eigenvalue weighted by atomic mass is 19.4. The average molecular weight is 611 g/mol. The van der Waals surface area contributed by atoms with E-state index in [1.165, 1.54) is 10.7 Å². The number of halogens is 5. The molecule has 234 valence electrons. The maximum Gasteiger partial charge on any atom is 0.389 e. The molecular weight excluding hydrogens is 575 g/mol. The lowest BCUT2D eigenvalue weighted by atomic mass is 9.81. The number of imidazole rings is 1. The standard InChI is InChI=1S/C29H35F5N6O3/c1-15(2)26-23(16(3)39-43-26)27(42)38-25(18-6-9-28(30,31)10-7-18)20-14-40-21(36-20)12-19(13-35-40)24(17-4-5-17)37-22(41)8-11-29(32,33)34/h12-15,17-18,24-25H,4-11H2,1-3H3,(H,37,41)(H,38,42)/t24-,25+/m1/s1. The van der Waals surface area contributed by atoms with Crippen LogP contribution < -0.4 is 10.6 Å². The van der Waals surface area contributed by atoms with Crippen LogP contribution in [0.4, 0.5) is 22.0 Å². The van der Waals surface area contributed by atoms with Crippen molar-refractivity contribution >= 4 is 17.5 Å². The topological polar surface area (TPSA) is 114 Å². The second kappa shape index (κ2) is 11.8. The van der Waals surface area contributed by atoms with Gasteiger partial charge in [-0.2, -0.15) is 18.3 Å². The number of nitrogens with zero attached hydrogens (tertiary/aromatic N) is 4. The number of aromatic nitrogens is 4. The van der Waals surface area contributed by atoms with Gasteiger partial charge in [-0.1, -0.05) is 19.0 Å². The molecule has 3 heterocycles. The van der Waals surface area contributed by atoms with Crippen LogP contribution in [-0.2, 0) is 4.79 Å². The zero-order valence-electron chi connectivity index (χ0n) is 24.2. The van der Waals surface area contributed by atoms with Crippen molar-refractivity contribution in [2.45, 2.75) is 102 Å². The molecule has 0 aliphatic heterocycles. The zero-order valence-corrected chi connectivity index (χ0v) is 24.2. The first kappa shape index (κ1) is 30.9. The molecule has 0 unspecified atom stereocenters. The average Bonchev–Trinajstić information content (AvgIpc) is 3.56. The minimum Gasteiger partial charge on any atom is -0.360 e. The van der Waals surface area contributed by atoms with Crippen molar-refractivity contribution in [1.29, 1.82) is 0 Å². The highest BCUT2D eigenvalue weighted by Crippen LogP contribution is 2.43. The molecule has 14 heteroatoms. The molecule has 2 aliphatic carbocycles. The van der Waals surface area contributed by atoms with E-state index in [0.29, 0.717) is 33.9 Å². The normalized spacial score (nSPS) is 19.0. The van der Waals surface area contributed by atoms with Gasteiger partial charge in [-0.3, -0.25) is 9.59 Å². The molecule has 2 aliphatic rings. The SMILES string of the molecule is Cc1noc(C(C)C)c1C(=O)N[C@H](c1cn2ncc([C@H](NC(=O)CCC(F)(F)F)C3CC3)cc2n1)C1CCC(F)(F)CC1. The second-order valence-electron chi connectivity index (χ2n) is 12.1. The number of amides is 2. The monoisotopic (exact) mass is 610 g/mol. The van der Waals surface area contributed by atoms with Crippen LogP contribution in [0.2, 0.25) is 0 Å². The predicted octanol–water partition coefficient (Wildman–Crippen LogP) is 6.36. The van der Waals surface area contributed by atoms with Crippen molar-refractivity contribution < 1.29 is 36.1 Å². The Morgan fingerprint density at radius 3 is 2.40 bits per heavy atom. The summed E-state index contributed by atoms with van der Waals surface area (Å²) in [4.78, 5) is 30.6. The van der Waals surface area contributed by atoms with Crippen molar-refractivity contribution in [3.8, 4) is 0 Å². The van der Waals surface area contributed by atoms with Gasteiger partial charge in [0.25, 0.3) is 5.91 Å². The molecule has 5 rings (SSSR count). The van der Waals surface area contributed by atoms with E-state index >= 15 is 0 Å². The van der Waals surface area contributed by atoms with Crippen molar-refractivity contribution in [1.82, 2.24) is 30.4 Å². The van der Waals surface area contributed by atoms with Crippen molar-refractivity contribution in [2.75, 3.05) is 0 Å². The summed E-state index contributed by atoms with van der Waals surface area (Å²) in [5, 5.41) is 14.1. The van der Waals surface area contributed by atoms with Gasteiger partial charge in [0.2, 0.25) is 11.8 Å². The van der Waals surface area contributed by atoms with E-state index < -0.39 is 48.8 Å². The predicted molar refractivity (Wildman–Crippen MR) is 144 cm³/mol. The van der Waals surface area contributed by atoms with Gasteiger partial charge in [-0.05, 0) is 56.1 Å². The van der Waals surface area contributed by atoms with Crippen LogP contribution in [0.3, 0.4) is 0 Å². The molecule has 2 fully saturated rings. The van der Waals surface area contributed by atoms with E-state index in [-0.39, 0.29) is 43.4 Å². The number of carbonyl (C=O) groups excluding carboxylic acids is 2. The minimum absolute atomic E-state index is 0.0754. The molecule has 2 saturated carbocycles. The molecule has 0 saturated heterocycles. The number of fused-ring (bicyclic) bond motifs is 1. The fourth-order valence-electron chi connectivity index (χ4n) is 5.73. The van der Waals surface area contributed by atoms with E-state index in [1.807, 2.05) is 13.8 Å². The van der Waals surface area contributed by atoms with Gasteiger partial charge >= 0.3 is 6.18 Å². The maximum atomic E-state index is 14.1. The quantitative estimate of drug-likeness (QED) is 0.259. The van der Waals surface area contributed by atoms with Crippen molar-refractivity contribution in [2.24, 2.45) is 11.8 Å². The summed E-state index contributed by atoms with van der Waals surface area (Å²) in [5.41, 5.74) is 2.16. The first-order valence-electron chi connectivity index (χ1n) is 14.6. The maximum absolute atomic E-state index is 14.1. The van der Waals surface area contributed by atoms with Gasteiger partial charge in [0, 0.05) is 25.2 Å². The molecule has 3 aromatic heterocycles. The molecule has 2 N–H and O–H groups in total. The van der Waals surface area contributed by atoms with E-state index in [4.69, 9.17) is 9.51 Å². The van der Waals surface area contributed by atoms with E-state index in [1.54, 1.807) is 19.2 Å². The number of carbonyl (C=O) groups is 2. The van der Waals surface area contributed by atoms with Crippen LogP contribution in [0.25, 0.3) is 5.65 Å². The van der Waals surface area contributed by atoms with E-state index in [9.17, 15) is 31.5 Å². The lowest BCUT2D eigenvalue weighted by molar-refractivity contribution is -0.144. The van der Waals surface area contributed by atoms with E-state index in [2.05, 4.69) is 20.9 Å². The van der Waals surface area contributed by atoms with Gasteiger partial charge in [-0.25, -0.2) is 18.3 Å². The number of aryl methyl sites for hydroxylation is 1. The third-order valence-electron chi connectivity index (χ3n) is 8.24. The number of rotatable bonds is 10. The molecule has 0 radical (unpaired) electrons. The summed E-state index contributed by atoms with van der Waals surface area (Å²) < 4.78 is 72.9. The Morgan fingerprint density at radius 2 is 1.77 bits per heavy atom. The Hall–Kier alpha value is -3.58.